The number of para-hydroxylation sites is 2. The number of aromatic nitrogens is 2. The third-order valence-electron chi connectivity index (χ3n) is 3.28. The van der Waals surface area contributed by atoms with Crippen molar-refractivity contribution >= 4 is 11.0 Å². The number of rotatable bonds is 2. The fourth-order valence-electron chi connectivity index (χ4n) is 2.32. The molecule has 1 heterocycles. The minimum atomic E-state index is 0.934. The van der Waals surface area contributed by atoms with Crippen LogP contribution in [0, 0.1) is 6.92 Å². The summed E-state index contributed by atoms with van der Waals surface area (Å²) in [5, 5.41) is 0. The van der Waals surface area contributed by atoms with Gasteiger partial charge in [0, 0.05) is 12.1 Å². The molecule has 2 nitrogen and oxygen atoms in total. The minimum Gasteiger partial charge on any atom is -0.324 e. The molecule has 3 rings (SSSR count). The molecule has 2 aromatic carbocycles. The van der Waals surface area contributed by atoms with E-state index in [1.165, 1.54) is 16.6 Å². The molecule has 0 spiro atoms. The van der Waals surface area contributed by atoms with Crippen LogP contribution in [0.3, 0.4) is 0 Å². The molecular formula is C16H16N2. The SMILES string of the molecule is CCn1c(-c2ccc(C)cc2)nc2ccccc21. The van der Waals surface area contributed by atoms with Crippen molar-refractivity contribution in [1.29, 1.82) is 0 Å². The lowest BCUT2D eigenvalue weighted by molar-refractivity contribution is 0.796. The van der Waals surface area contributed by atoms with Gasteiger partial charge in [-0.1, -0.05) is 42.0 Å². The quantitative estimate of drug-likeness (QED) is 0.656. The van der Waals surface area contributed by atoms with Crippen LogP contribution in [0.25, 0.3) is 22.4 Å². The smallest absolute Gasteiger partial charge is 0.141 e. The average Bonchev–Trinajstić information content (AvgIpc) is 2.78. The van der Waals surface area contributed by atoms with Gasteiger partial charge in [-0.05, 0) is 26.0 Å². The second-order valence-corrected chi connectivity index (χ2v) is 4.53. The lowest BCUT2D eigenvalue weighted by atomic mass is 10.1. The molecule has 0 saturated heterocycles. The van der Waals surface area contributed by atoms with Gasteiger partial charge in [-0.15, -0.1) is 0 Å². The minimum absolute atomic E-state index is 0.934. The van der Waals surface area contributed by atoms with Gasteiger partial charge in [0.2, 0.25) is 0 Å². The monoisotopic (exact) mass is 236 g/mol. The van der Waals surface area contributed by atoms with Crippen molar-refractivity contribution in [3.8, 4) is 11.4 Å². The molecule has 0 amide bonds. The van der Waals surface area contributed by atoms with Crippen LogP contribution in [0.4, 0.5) is 0 Å². The average molecular weight is 236 g/mol. The Morgan fingerprint density at radius 3 is 2.44 bits per heavy atom. The molecule has 90 valence electrons. The van der Waals surface area contributed by atoms with Gasteiger partial charge in [0.05, 0.1) is 11.0 Å². The summed E-state index contributed by atoms with van der Waals surface area (Å²) in [6.07, 6.45) is 0. The number of hydrogen-bond acceptors (Lipinski definition) is 1. The number of aryl methyl sites for hydroxylation is 2. The van der Waals surface area contributed by atoms with E-state index in [4.69, 9.17) is 4.98 Å². The first-order valence-corrected chi connectivity index (χ1v) is 6.32. The van der Waals surface area contributed by atoms with E-state index in [0.29, 0.717) is 0 Å². The highest BCUT2D eigenvalue weighted by Gasteiger charge is 2.10. The van der Waals surface area contributed by atoms with Crippen LogP contribution in [0.15, 0.2) is 48.5 Å². The van der Waals surface area contributed by atoms with Crippen molar-refractivity contribution in [2.24, 2.45) is 0 Å². The summed E-state index contributed by atoms with van der Waals surface area (Å²) in [7, 11) is 0. The van der Waals surface area contributed by atoms with Gasteiger partial charge in [-0.2, -0.15) is 0 Å². The molecule has 3 aromatic rings. The van der Waals surface area contributed by atoms with E-state index >= 15 is 0 Å². The Balaban J connectivity index is 2.25. The Morgan fingerprint density at radius 2 is 1.72 bits per heavy atom. The Labute approximate surface area is 107 Å². The lowest BCUT2D eigenvalue weighted by Crippen LogP contribution is -1.97. The first-order chi connectivity index (χ1) is 8.79. The predicted octanol–water partition coefficient (Wildman–Crippen LogP) is 4.03. The Morgan fingerprint density at radius 1 is 1.00 bits per heavy atom. The lowest BCUT2D eigenvalue weighted by Gasteiger charge is -2.06. The van der Waals surface area contributed by atoms with Crippen LogP contribution < -0.4 is 0 Å². The first kappa shape index (κ1) is 11.0. The van der Waals surface area contributed by atoms with Gasteiger partial charge < -0.3 is 4.57 Å². The highest BCUT2D eigenvalue weighted by Crippen LogP contribution is 2.24. The molecular weight excluding hydrogens is 220 g/mol. The number of fused-ring (bicyclic) bond motifs is 1. The van der Waals surface area contributed by atoms with Crippen LogP contribution in [0.2, 0.25) is 0 Å². The maximum atomic E-state index is 4.75. The van der Waals surface area contributed by atoms with Gasteiger partial charge >= 0.3 is 0 Å². The van der Waals surface area contributed by atoms with Crippen LogP contribution >= 0.6 is 0 Å². The molecule has 0 saturated carbocycles. The van der Waals surface area contributed by atoms with Crippen molar-refractivity contribution in [2.45, 2.75) is 20.4 Å². The maximum absolute atomic E-state index is 4.75. The standard InChI is InChI=1S/C16H16N2/c1-3-18-15-7-5-4-6-14(15)17-16(18)13-10-8-12(2)9-11-13/h4-11H,3H2,1-2H3. The van der Waals surface area contributed by atoms with Crippen molar-refractivity contribution in [3.05, 3.63) is 54.1 Å². The summed E-state index contributed by atoms with van der Waals surface area (Å²) in [6, 6.07) is 16.8. The Kier molecular flexibility index (Phi) is 2.63. The molecule has 0 N–H and O–H groups in total. The third-order valence-corrected chi connectivity index (χ3v) is 3.28. The summed E-state index contributed by atoms with van der Waals surface area (Å²) in [5.41, 5.74) is 4.72. The largest absolute Gasteiger partial charge is 0.324 e. The molecule has 0 unspecified atom stereocenters. The first-order valence-electron chi connectivity index (χ1n) is 6.32. The van der Waals surface area contributed by atoms with E-state index in [0.717, 1.165) is 17.9 Å². The molecule has 0 aliphatic heterocycles. The second-order valence-electron chi connectivity index (χ2n) is 4.53. The van der Waals surface area contributed by atoms with E-state index in [2.05, 4.69) is 60.9 Å². The van der Waals surface area contributed by atoms with Gasteiger partial charge in [-0.3, -0.25) is 0 Å². The van der Waals surface area contributed by atoms with Crippen LogP contribution in [-0.2, 0) is 6.54 Å². The fraction of sp³-hybridized carbons (Fsp3) is 0.188. The fourth-order valence-corrected chi connectivity index (χ4v) is 2.32. The summed E-state index contributed by atoms with van der Waals surface area (Å²) in [5.74, 6) is 1.05. The van der Waals surface area contributed by atoms with Gasteiger partial charge in [-0.25, -0.2) is 4.98 Å². The summed E-state index contributed by atoms with van der Waals surface area (Å²) in [4.78, 5) is 4.75. The number of imidazole rings is 1. The molecule has 0 atom stereocenters. The van der Waals surface area contributed by atoms with E-state index < -0.39 is 0 Å². The molecule has 1 aromatic heterocycles. The topological polar surface area (TPSA) is 17.8 Å². The number of benzene rings is 2. The van der Waals surface area contributed by atoms with Crippen molar-refractivity contribution < 1.29 is 0 Å². The summed E-state index contributed by atoms with van der Waals surface area (Å²) in [6.45, 7) is 5.20. The third kappa shape index (κ3) is 1.70. The summed E-state index contributed by atoms with van der Waals surface area (Å²) < 4.78 is 2.26. The maximum Gasteiger partial charge on any atom is 0.141 e. The predicted molar refractivity (Wildman–Crippen MR) is 75.6 cm³/mol. The van der Waals surface area contributed by atoms with Crippen LogP contribution in [0.1, 0.15) is 12.5 Å². The van der Waals surface area contributed by atoms with Crippen LogP contribution in [0.5, 0.6) is 0 Å². The normalized spacial score (nSPS) is 11.0. The van der Waals surface area contributed by atoms with Gasteiger partial charge in [0.25, 0.3) is 0 Å². The summed E-state index contributed by atoms with van der Waals surface area (Å²) >= 11 is 0. The Bertz CT molecular complexity index is 678. The van der Waals surface area contributed by atoms with E-state index in [1.807, 2.05) is 6.07 Å². The van der Waals surface area contributed by atoms with E-state index in [9.17, 15) is 0 Å². The number of nitrogens with zero attached hydrogens (tertiary/aromatic N) is 2. The zero-order valence-electron chi connectivity index (χ0n) is 10.7. The van der Waals surface area contributed by atoms with Crippen molar-refractivity contribution in [3.63, 3.8) is 0 Å². The molecule has 0 fully saturated rings. The number of hydrogen-bond donors (Lipinski definition) is 0. The molecule has 0 bridgehead atoms. The van der Waals surface area contributed by atoms with Gasteiger partial charge in [0.1, 0.15) is 5.82 Å². The zero-order chi connectivity index (χ0) is 12.5. The highest BCUT2D eigenvalue weighted by atomic mass is 15.1. The van der Waals surface area contributed by atoms with E-state index in [1.54, 1.807) is 0 Å². The highest BCUT2D eigenvalue weighted by molar-refractivity contribution is 5.80. The Hall–Kier alpha value is -2.09. The molecule has 2 heteroatoms. The van der Waals surface area contributed by atoms with Crippen LogP contribution in [-0.4, -0.2) is 9.55 Å². The molecule has 18 heavy (non-hydrogen) atoms. The van der Waals surface area contributed by atoms with Crippen molar-refractivity contribution in [1.82, 2.24) is 9.55 Å². The van der Waals surface area contributed by atoms with E-state index in [-0.39, 0.29) is 0 Å². The second kappa shape index (κ2) is 4.30. The van der Waals surface area contributed by atoms with Crippen molar-refractivity contribution in [2.75, 3.05) is 0 Å². The molecule has 0 aliphatic rings. The van der Waals surface area contributed by atoms with Gasteiger partial charge in [0.15, 0.2) is 0 Å². The molecule has 0 aliphatic carbocycles. The zero-order valence-corrected chi connectivity index (χ0v) is 10.7. The molecule has 0 radical (unpaired) electrons.